The summed E-state index contributed by atoms with van der Waals surface area (Å²) in [5.74, 6) is 0. The van der Waals surface area contributed by atoms with Gasteiger partial charge < -0.3 is 10.1 Å². The number of aromatic nitrogens is 2. The molecule has 1 amide bonds. The van der Waals surface area contributed by atoms with E-state index in [0.29, 0.717) is 10.8 Å². The maximum Gasteiger partial charge on any atom is 0.407 e. The quantitative estimate of drug-likeness (QED) is 0.809. The highest BCUT2D eigenvalue weighted by Crippen LogP contribution is 2.07. The molecule has 6 heteroatoms. The number of rotatable bonds is 2. The van der Waals surface area contributed by atoms with Crippen LogP contribution < -0.4 is 5.32 Å². The highest BCUT2D eigenvalue weighted by molar-refractivity contribution is 6.29. The maximum atomic E-state index is 11.3. The van der Waals surface area contributed by atoms with Gasteiger partial charge in [-0.1, -0.05) is 11.6 Å². The standard InChI is InChI=1S/C10H14ClN3O2/c1-10(2,3)16-9(15)12-5-7-4-8(11)14-6-13-7/h4,6H,5H2,1-3H3,(H,12,15). The fourth-order valence-electron chi connectivity index (χ4n) is 0.944. The molecule has 0 atom stereocenters. The van der Waals surface area contributed by atoms with E-state index in [-0.39, 0.29) is 6.54 Å². The van der Waals surface area contributed by atoms with Crippen LogP contribution in [0.1, 0.15) is 26.5 Å². The van der Waals surface area contributed by atoms with E-state index in [0.717, 1.165) is 0 Å². The number of carbonyl (C=O) groups excluding carboxylic acids is 1. The van der Waals surface area contributed by atoms with Crippen molar-refractivity contribution >= 4 is 17.7 Å². The molecule has 88 valence electrons. The summed E-state index contributed by atoms with van der Waals surface area (Å²) in [5.41, 5.74) is 0.124. The Morgan fingerprint density at radius 1 is 1.50 bits per heavy atom. The van der Waals surface area contributed by atoms with Crippen LogP contribution in [0.4, 0.5) is 4.79 Å². The predicted molar refractivity (Wildman–Crippen MR) is 60.1 cm³/mol. The molecule has 1 rings (SSSR count). The predicted octanol–water partition coefficient (Wildman–Crippen LogP) is 2.15. The van der Waals surface area contributed by atoms with Crippen LogP contribution in [0.2, 0.25) is 5.15 Å². The smallest absolute Gasteiger partial charge is 0.407 e. The molecule has 1 aromatic rings. The Bertz CT molecular complexity index is 377. The number of nitrogens with one attached hydrogen (secondary N) is 1. The van der Waals surface area contributed by atoms with Crippen LogP contribution in [-0.2, 0) is 11.3 Å². The Morgan fingerprint density at radius 3 is 2.75 bits per heavy atom. The van der Waals surface area contributed by atoms with Gasteiger partial charge in [-0.05, 0) is 26.8 Å². The molecule has 1 aromatic heterocycles. The van der Waals surface area contributed by atoms with Gasteiger partial charge in [0.1, 0.15) is 17.1 Å². The number of ether oxygens (including phenoxy) is 1. The molecule has 5 nitrogen and oxygen atoms in total. The minimum Gasteiger partial charge on any atom is -0.444 e. The van der Waals surface area contributed by atoms with E-state index in [1.54, 1.807) is 26.8 Å². The molecule has 0 aliphatic rings. The molecule has 0 aromatic carbocycles. The van der Waals surface area contributed by atoms with Gasteiger partial charge in [-0.3, -0.25) is 0 Å². The summed E-state index contributed by atoms with van der Waals surface area (Å²) in [7, 11) is 0. The van der Waals surface area contributed by atoms with Crippen LogP contribution in [0, 0.1) is 0 Å². The fourth-order valence-corrected chi connectivity index (χ4v) is 1.11. The van der Waals surface area contributed by atoms with E-state index >= 15 is 0 Å². The SMILES string of the molecule is CC(C)(C)OC(=O)NCc1cc(Cl)ncn1. The summed E-state index contributed by atoms with van der Waals surface area (Å²) in [6, 6.07) is 1.58. The van der Waals surface area contributed by atoms with Crippen LogP contribution in [0.25, 0.3) is 0 Å². The monoisotopic (exact) mass is 243 g/mol. The Kier molecular flexibility index (Phi) is 4.06. The molecule has 0 aliphatic heterocycles. The Morgan fingerprint density at radius 2 is 2.19 bits per heavy atom. The molecule has 0 aliphatic carbocycles. The highest BCUT2D eigenvalue weighted by atomic mass is 35.5. The topological polar surface area (TPSA) is 64.1 Å². The minimum atomic E-state index is -0.507. The number of amides is 1. The number of alkyl carbamates (subject to hydrolysis) is 1. The number of carbonyl (C=O) groups is 1. The van der Waals surface area contributed by atoms with Gasteiger partial charge in [-0.2, -0.15) is 0 Å². The number of nitrogens with zero attached hydrogens (tertiary/aromatic N) is 2. The second-order valence-corrected chi connectivity index (χ2v) is 4.57. The molecule has 0 radical (unpaired) electrons. The van der Waals surface area contributed by atoms with Crippen LogP contribution >= 0.6 is 11.6 Å². The Balaban J connectivity index is 2.43. The van der Waals surface area contributed by atoms with Crippen LogP contribution in [0.5, 0.6) is 0 Å². The van der Waals surface area contributed by atoms with E-state index < -0.39 is 11.7 Å². The molecule has 0 saturated heterocycles. The second-order valence-electron chi connectivity index (χ2n) is 4.19. The molecule has 0 bridgehead atoms. The zero-order valence-electron chi connectivity index (χ0n) is 9.45. The summed E-state index contributed by atoms with van der Waals surface area (Å²) < 4.78 is 5.06. The third kappa shape index (κ3) is 4.93. The lowest BCUT2D eigenvalue weighted by Gasteiger charge is -2.19. The molecule has 16 heavy (non-hydrogen) atoms. The largest absolute Gasteiger partial charge is 0.444 e. The third-order valence-electron chi connectivity index (χ3n) is 1.50. The number of hydrogen-bond donors (Lipinski definition) is 1. The molecule has 0 spiro atoms. The average Bonchev–Trinajstić information content (AvgIpc) is 2.12. The molecule has 0 fully saturated rings. The molecular formula is C10H14ClN3O2. The molecule has 1 heterocycles. The van der Waals surface area contributed by atoms with Crippen molar-refractivity contribution in [2.24, 2.45) is 0 Å². The van der Waals surface area contributed by atoms with Gasteiger partial charge in [0.05, 0.1) is 12.2 Å². The van der Waals surface area contributed by atoms with Crippen molar-refractivity contribution in [2.45, 2.75) is 32.9 Å². The number of halogens is 1. The first-order valence-electron chi connectivity index (χ1n) is 4.80. The molecular weight excluding hydrogens is 230 g/mol. The molecule has 0 saturated carbocycles. The van der Waals surface area contributed by atoms with Crippen molar-refractivity contribution in [1.29, 1.82) is 0 Å². The van der Waals surface area contributed by atoms with Crippen molar-refractivity contribution in [3.63, 3.8) is 0 Å². The molecule has 1 N–H and O–H groups in total. The Hall–Kier alpha value is -1.36. The van der Waals surface area contributed by atoms with Gasteiger partial charge in [0.25, 0.3) is 0 Å². The average molecular weight is 244 g/mol. The zero-order valence-corrected chi connectivity index (χ0v) is 10.2. The zero-order chi connectivity index (χ0) is 12.2. The van der Waals surface area contributed by atoms with E-state index in [2.05, 4.69) is 15.3 Å². The summed E-state index contributed by atoms with van der Waals surface area (Å²) in [5, 5.41) is 2.92. The lowest BCUT2D eigenvalue weighted by molar-refractivity contribution is 0.0523. The maximum absolute atomic E-state index is 11.3. The minimum absolute atomic E-state index is 0.261. The first-order chi connectivity index (χ1) is 7.37. The van der Waals surface area contributed by atoms with Gasteiger partial charge in [-0.25, -0.2) is 14.8 Å². The van der Waals surface area contributed by atoms with E-state index in [1.165, 1.54) is 6.33 Å². The van der Waals surface area contributed by atoms with Gasteiger partial charge in [0.15, 0.2) is 0 Å². The van der Waals surface area contributed by atoms with Crippen LogP contribution in [0.15, 0.2) is 12.4 Å². The van der Waals surface area contributed by atoms with E-state index in [1.807, 2.05) is 0 Å². The van der Waals surface area contributed by atoms with Crippen molar-refractivity contribution < 1.29 is 9.53 Å². The van der Waals surface area contributed by atoms with Crippen molar-refractivity contribution in [3.05, 3.63) is 23.2 Å². The van der Waals surface area contributed by atoms with Gasteiger partial charge in [0, 0.05) is 0 Å². The van der Waals surface area contributed by atoms with Gasteiger partial charge in [-0.15, -0.1) is 0 Å². The summed E-state index contributed by atoms with van der Waals surface area (Å²) in [4.78, 5) is 19.0. The first kappa shape index (κ1) is 12.7. The van der Waals surface area contributed by atoms with Crippen LogP contribution in [0.3, 0.4) is 0 Å². The van der Waals surface area contributed by atoms with Crippen molar-refractivity contribution in [3.8, 4) is 0 Å². The highest BCUT2D eigenvalue weighted by Gasteiger charge is 2.15. The lowest BCUT2D eigenvalue weighted by Crippen LogP contribution is -2.32. The Labute approximate surface area is 99.2 Å². The fraction of sp³-hybridized carbons (Fsp3) is 0.500. The molecule has 0 unspecified atom stereocenters. The lowest BCUT2D eigenvalue weighted by atomic mass is 10.2. The van der Waals surface area contributed by atoms with Gasteiger partial charge >= 0.3 is 6.09 Å². The number of hydrogen-bond acceptors (Lipinski definition) is 4. The summed E-state index contributed by atoms with van der Waals surface area (Å²) in [6.45, 7) is 5.66. The summed E-state index contributed by atoms with van der Waals surface area (Å²) >= 11 is 5.67. The van der Waals surface area contributed by atoms with Crippen molar-refractivity contribution in [1.82, 2.24) is 15.3 Å². The third-order valence-corrected chi connectivity index (χ3v) is 1.71. The summed E-state index contributed by atoms with van der Waals surface area (Å²) in [6.07, 6.45) is 0.858. The second kappa shape index (κ2) is 5.12. The van der Waals surface area contributed by atoms with E-state index in [4.69, 9.17) is 16.3 Å². The van der Waals surface area contributed by atoms with Gasteiger partial charge in [0.2, 0.25) is 0 Å². The van der Waals surface area contributed by atoms with Crippen LogP contribution in [-0.4, -0.2) is 21.7 Å². The first-order valence-corrected chi connectivity index (χ1v) is 5.18. The normalized spacial score (nSPS) is 11.0. The van der Waals surface area contributed by atoms with E-state index in [9.17, 15) is 4.79 Å². The van der Waals surface area contributed by atoms with Crippen molar-refractivity contribution in [2.75, 3.05) is 0 Å².